The molecule has 0 aliphatic rings. The van der Waals surface area contributed by atoms with Gasteiger partial charge in [0.15, 0.2) is 5.78 Å². The number of aryl methyl sites for hydroxylation is 1. The van der Waals surface area contributed by atoms with Gasteiger partial charge in [-0.25, -0.2) is 8.42 Å². The Morgan fingerprint density at radius 2 is 1.73 bits per heavy atom. The van der Waals surface area contributed by atoms with Crippen LogP contribution >= 0.6 is 0 Å². The number of Topliss-reactive ketones (excluding diaryl/α,β-unsaturated/α-hetero) is 2. The highest BCUT2D eigenvalue weighted by molar-refractivity contribution is 7.92. The topological polar surface area (TPSA) is 144 Å². The van der Waals surface area contributed by atoms with Crippen LogP contribution in [0.4, 0.5) is 24.5 Å². The zero-order valence-electron chi connectivity index (χ0n) is 17.5. The number of phenols is 1. The number of sulfonamides is 1. The van der Waals surface area contributed by atoms with E-state index in [-0.39, 0.29) is 11.3 Å². The van der Waals surface area contributed by atoms with Gasteiger partial charge in [-0.3, -0.25) is 24.4 Å². The van der Waals surface area contributed by atoms with Crippen LogP contribution in [-0.4, -0.2) is 36.2 Å². The van der Waals surface area contributed by atoms with Gasteiger partial charge in [-0.15, -0.1) is 0 Å². The quantitative estimate of drug-likeness (QED) is 0.249. The lowest BCUT2D eigenvalue weighted by Gasteiger charge is -2.20. The number of nitro benzene ring substituents is 1. The highest BCUT2D eigenvalue weighted by Gasteiger charge is 2.48. The number of carbonyl (C=O) groups excluding carboxylic acids is 2. The molecule has 13 heteroatoms. The summed E-state index contributed by atoms with van der Waals surface area (Å²) in [6.07, 6.45) is -5.39. The lowest BCUT2D eigenvalue weighted by Crippen LogP contribution is -2.35. The number of carbonyl (C=O) groups is 2. The van der Waals surface area contributed by atoms with Gasteiger partial charge in [-0.2, -0.15) is 13.2 Å². The van der Waals surface area contributed by atoms with Crippen molar-refractivity contribution in [2.45, 2.75) is 37.8 Å². The molecule has 33 heavy (non-hydrogen) atoms. The summed E-state index contributed by atoms with van der Waals surface area (Å²) in [6.45, 7) is 3.92. The first-order valence-corrected chi connectivity index (χ1v) is 10.8. The maximum Gasteiger partial charge on any atom is 0.451 e. The molecule has 0 amide bonds. The number of anilines is 1. The number of phenolic OH excluding ortho intramolecular Hbond substituents is 1. The molecule has 0 spiro atoms. The van der Waals surface area contributed by atoms with E-state index in [1.165, 1.54) is 26.8 Å². The van der Waals surface area contributed by atoms with E-state index in [0.29, 0.717) is 0 Å². The van der Waals surface area contributed by atoms with Crippen molar-refractivity contribution < 1.29 is 41.2 Å². The molecule has 1 atom stereocenters. The van der Waals surface area contributed by atoms with E-state index < -0.39 is 66.4 Å². The summed E-state index contributed by atoms with van der Waals surface area (Å²) >= 11 is 0. The normalized spacial score (nSPS) is 12.9. The lowest BCUT2D eigenvalue weighted by molar-refractivity contribution is -0.385. The Balaban J connectivity index is 2.58. The number of hydrogen-bond acceptors (Lipinski definition) is 7. The molecule has 0 heterocycles. The maximum atomic E-state index is 13.1. The van der Waals surface area contributed by atoms with Gasteiger partial charge in [0.25, 0.3) is 21.5 Å². The molecule has 0 aromatic heterocycles. The van der Waals surface area contributed by atoms with Crippen LogP contribution in [0.3, 0.4) is 0 Å². The molecule has 0 bridgehead atoms. The summed E-state index contributed by atoms with van der Waals surface area (Å²) in [4.78, 5) is 34.1. The van der Waals surface area contributed by atoms with Crippen molar-refractivity contribution in [3.05, 3.63) is 57.6 Å². The molecule has 178 valence electrons. The van der Waals surface area contributed by atoms with Crippen LogP contribution in [0.5, 0.6) is 5.75 Å². The SMILES string of the molecule is Cc1ccc([N+](=O)[O-])cc1S(=O)(=O)Nc1ccc(O)c([C@H](C(=O)C(C)C)C(=O)C(F)(F)F)c1. The average Bonchev–Trinajstić information content (AvgIpc) is 2.69. The maximum absolute atomic E-state index is 13.1. The smallest absolute Gasteiger partial charge is 0.451 e. The largest absolute Gasteiger partial charge is 0.508 e. The lowest BCUT2D eigenvalue weighted by atomic mass is 9.84. The van der Waals surface area contributed by atoms with Gasteiger partial charge in [-0.05, 0) is 30.7 Å². The van der Waals surface area contributed by atoms with E-state index >= 15 is 0 Å². The van der Waals surface area contributed by atoms with Crippen LogP contribution in [0.25, 0.3) is 0 Å². The molecule has 0 fully saturated rings. The second kappa shape index (κ2) is 9.17. The molecule has 9 nitrogen and oxygen atoms in total. The molecule has 0 saturated carbocycles. The predicted molar refractivity (Wildman–Crippen MR) is 110 cm³/mol. The van der Waals surface area contributed by atoms with Gasteiger partial charge in [-0.1, -0.05) is 19.9 Å². The summed E-state index contributed by atoms with van der Waals surface area (Å²) in [6, 6.07) is 5.67. The third kappa shape index (κ3) is 5.66. The highest BCUT2D eigenvalue weighted by atomic mass is 32.2. The van der Waals surface area contributed by atoms with Gasteiger partial charge in [0, 0.05) is 29.3 Å². The minimum Gasteiger partial charge on any atom is -0.508 e. The number of non-ortho nitro benzene ring substituents is 1. The van der Waals surface area contributed by atoms with E-state index in [1.54, 1.807) is 0 Å². The molecular weight excluding hydrogens is 469 g/mol. The molecule has 0 unspecified atom stereocenters. The zero-order chi connectivity index (χ0) is 25.3. The molecule has 0 radical (unpaired) electrons. The number of nitrogens with one attached hydrogen (secondary N) is 1. The fourth-order valence-corrected chi connectivity index (χ4v) is 4.29. The van der Waals surface area contributed by atoms with E-state index in [2.05, 4.69) is 0 Å². The van der Waals surface area contributed by atoms with E-state index in [4.69, 9.17) is 0 Å². The van der Waals surface area contributed by atoms with Crippen molar-refractivity contribution in [1.82, 2.24) is 0 Å². The summed E-state index contributed by atoms with van der Waals surface area (Å²) in [5.74, 6) is -7.77. The molecule has 2 N–H and O–H groups in total. The Morgan fingerprint density at radius 1 is 1.12 bits per heavy atom. The highest BCUT2D eigenvalue weighted by Crippen LogP contribution is 2.37. The van der Waals surface area contributed by atoms with Gasteiger partial charge < -0.3 is 5.11 Å². The first-order valence-electron chi connectivity index (χ1n) is 9.31. The summed E-state index contributed by atoms with van der Waals surface area (Å²) in [5, 5.41) is 21.1. The van der Waals surface area contributed by atoms with Crippen LogP contribution in [0.2, 0.25) is 0 Å². The van der Waals surface area contributed by atoms with Crippen molar-refractivity contribution in [3.63, 3.8) is 0 Å². The van der Waals surface area contributed by atoms with Crippen LogP contribution in [0.1, 0.15) is 30.9 Å². The van der Waals surface area contributed by atoms with E-state index in [9.17, 15) is 46.4 Å². The fraction of sp³-hybridized carbons (Fsp3) is 0.300. The number of hydrogen-bond donors (Lipinski definition) is 2. The molecule has 0 saturated heterocycles. The third-order valence-corrected chi connectivity index (χ3v) is 6.18. The fourth-order valence-electron chi connectivity index (χ4n) is 2.97. The molecule has 0 aliphatic heterocycles. The Kier molecular flexibility index (Phi) is 7.17. The standard InChI is InChI=1S/C20H19F3N2O7S/c1-10(2)18(27)17(19(28)20(21,22)23)14-8-12(5-7-15(14)26)24-33(31,32)16-9-13(25(29)30)6-4-11(16)3/h4-10,17,24,26H,1-3H3/t17-/m1/s1. The number of benzene rings is 2. The van der Waals surface area contributed by atoms with Crippen molar-refractivity contribution in [2.24, 2.45) is 5.92 Å². The van der Waals surface area contributed by atoms with Crippen LogP contribution in [0, 0.1) is 23.0 Å². The molecular formula is C20H19F3N2O7S. The first-order chi connectivity index (χ1) is 15.1. The Labute approximate surface area is 186 Å². The molecule has 2 aromatic carbocycles. The van der Waals surface area contributed by atoms with Crippen LogP contribution in [-0.2, 0) is 19.6 Å². The number of nitrogens with zero attached hydrogens (tertiary/aromatic N) is 1. The van der Waals surface area contributed by atoms with Gasteiger partial charge in [0.1, 0.15) is 11.7 Å². The van der Waals surface area contributed by atoms with Gasteiger partial charge in [0.2, 0.25) is 0 Å². The van der Waals surface area contributed by atoms with Crippen LogP contribution < -0.4 is 4.72 Å². The molecule has 0 aliphatic carbocycles. The van der Waals surface area contributed by atoms with E-state index in [1.807, 2.05) is 4.72 Å². The zero-order valence-corrected chi connectivity index (χ0v) is 18.3. The summed E-state index contributed by atoms with van der Waals surface area (Å²) in [7, 11) is -4.47. The van der Waals surface area contributed by atoms with Crippen molar-refractivity contribution >= 4 is 33.0 Å². The number of nitro groups is 1. The van der Waals surface area contributed by atoms with Gasteiger partial charge >= 0.3 is 6.18 Å². The minimum atomic E-state index is -5.39. The van der Waals surface area contributed by atoms with Crippen molar-refractivity contribution in [1.29, 1.82) is 0 Å². The molecule has 2 rings (SSSR count). The van der Waals surface area contributed by atoms with Crippen molar-refractivity contribution in [2.75, 3.05) is 4.72 Å². The van der Waals surface area contributed by atoms with E-state index in [0.717, 1.165) is 30.3 Å². The summed E-state index contributed by atoms with van der Waals surface area (Å²) in [5.41, 5.74) is -1.46. The second-order valence-corrected chi connectivity index (χ2v) is 9.09. The number of alkyl halides is 3. The Bertz CT molecular complexity index is 1220. The number of rotatable bonds is 8. The Morgan fingerprint density at radius 3 is 2.24 bits per heavy atom. The predicted octanol–water partition coefficient (Wildman–Crippen LogP) is 3.85. The second-order valence-electron chi connectivity index (χ2n) is 7.44. The number of halogens is 3. The first kappa shape index (κ1) is 25.8. The number of ketones is 2. The van der Waals surface area contributed by atoms with Crippen molar-refractivity contribution in [3.8, 4) is 5.75 Å². The van der Waals surface area contributed by atoms with Gasteiger partial charge in [0.05, 0.1) is 9.82 Å². The molecule has 2 aromatic rings. The third-order valence-electron chi connectivity index (χ3n) is 4.66. The minimum absolute atomic E-state index is 0.146. The average molecular weight is 488 g/mol. The number of aromatic hydroxyl groups is 1. The Hall–Kier alpha value is -3.48. The monoisotopic (exact) mass is 488 g/mol. The summed E-state index contributed by atoms with van der Waals surface area (Å²) < 4.78 is 67.0. The van der Waals surface area contributed by atoms with Crippen LogP contribution in [0.15, 0.2) is 41.3 Å².